The van der Waals surface area contributed by atoms with Crippen LogP contribution >= 0.6 is 11.3 Å². The Bertz CT molecular complexity index is 500. The van der Waals surface area contributed by atoms with Gasteiger partial charge < -0.3 is 15.7 Å². The number of carbonyl (C=O) groups excluding carboxylic acids is 1. The number of thiazole rings is 1. The fraction of sp³-hybridized carbons (Fsp3) is 0.765. The van der Waals surface area contributed by atoms with E-state index in [-0.39, 0.29) is 18.2 Å². The molecule has 3 rings (SSSR count). The summed E-state index contributed by atoms with van der Waals surface area (Å²) in [5.41, 5.74) is 1.32. The zero-order chi connectivity index (χ0) is 16.1. The van der Waals surface area contributed by atoms with Crippen molar-refractivity contribution in [2.24, 2.45) is 0 Å². The Hall–Kier alpha value is -1.14. The summed E-state index contributed by atoms with van der Waals surface area (Å²) in [6.45, 7) is 0.686. The molecule has 0 aliphatic heterocycles. The molecule has 0 saturated heterocycles. The van der Waals surface area contributed by atoms with E-state index in [1.807, 2.05) is 11.3 Å². The van der Waals surface area contributed by atoms with Crippen LogP contribution in [0.25, 0.3) is 0 Å². The number of hydrogen-bond acceptors (Lipinski definition) is 4. The maximum Gasteiger partial charge on any atom is 0.315 e. The number of nitrogens with zero attached hydrogens (tertiary/aromatic N) is 1. The first kappa shape index (κ1) is 16.7. The van der Waals surface area contributed by atoms with Gasteiger partial charge in [0.15, 0.2) is 0 Å². The molecule has 1 saturated carbocycles. The van der Waals surface area contributed by atoms with Crippen molar-refractivity contribution in [1.82, 2.24) is 15.6 Å². The van der Waals surface area contributed by atoms with Crippen LogP contribution in [0.2, 0.25) is 0 Å². The number of rotatable bonds is 5. The second-order valence-electron chi connectivity index (χ2n) is 6.69. The molecular weight excluding hydrogens is 310 g/mol. The number of aliphatic hydroxyl groups is 1. The lowest BCUT2D eigenvalue weighted by molar-refractivity contribution is 0.117. The summed E-state index contributed by atoms with van der Waals surface area (Å²) >= 11 is 1.86. The second-order valence-corrected chi connectivity index (χ2v) is 7.86. The summed E-state index contributed by atoms with van der Waals surface area (Å²) in [5, 5.41) is 16.6. The standard InChI is InChI=1S/C17H27N3O2S/c21-13-9-7-12(8-10-13)19-17(22)18-11-3-6-16-20-14-4-1-2-5-15(14)23-16/h12-13,21H,1-11H2,(H2,18,19,22). The first-order valence-electron chi connectivity index (χ1n) is 8.90. The zero-order valence-electron chi connectivity index (χ0n) is 13.6. The van der Waals surface area contributed by atoms with Crippen LogP contribution in [-0.2, 0) is 19.3 Å². The van der Waals surface area contributed by atoms with E-state index in [1.165, 1.54) is 34.8 Å². The van der Waals surface area contributed by atoms with Gasteiger partial charge in [-0.15, -0.1) is 11.3 Å². The highest BCUT2D eigenvalue weighted by Crippen LogP contribution is 2.27. The van der Waals surface area contributed by atoms with E-state index in [4.69, 9.17) is 4.98 Å². The Kier molecular flexibility index (Phi) is 5.89. The fourth-order valence-corrected chi connectivity index (χ4v) is 4.61. The van der Waals surface area contributed by atoms with E-state index in [0.717, 1.165) is 44.9 Å². The lowest BCUT2D eigenvalue weighted by atomic mass is 9.93. The highest BCUT2D eigenvalue weighted by atomic mass is 32.1. The summed E-state index contributed by atoms with van der Waals surface area (Å²) in [6.07, 6.45) is 9.95. The number of amides is 2. The summed E-state index contributed by atoms with van der Waals surface area (Å²) in [5.74, 6) is 0. The molecule has 0 atom stereocenters. The van der Waals surface area contributed by atoms with Gasteiger partial charge in [0.25, 0.3) is 0 Å². The van der Waals surface area contributed by atoms with Gasteiger partial charge in [-0.25, -0.2) is 9.78 Å². The highest BCUT2D eigenvalue weighted by molar-refractivity contribution is 7.11. The van der Waals surface area contributed by atoms with Crippen LogP contribution < -0.4 is 10.6 Å². The quantitative estimate of drug-likeness (QED) is 0.723. The number of carbonyl (C=O) groups is 1. The molecule has 0 radical (unpaired) electrons. The SMILES string of the molecule is O=C(NCCCc1nc2c(s1)CCCC2)NC1CCC(O)CC1. The topological polar surface area (TPSA) is 74.2 Å². The van der Waals surface area contributed by atoms with Crippen molar-refractivity contribution in [1.29, 1.82) is 0 Å². The predicted octanol–water partition coefficient (Wildman–Crippen LogP) is 2.56. The lowest BCUT2D eigenvalue weighted by Gasteiger charge is -2.26. The van der Waals surface area contributed by atoms with Crippen LogP contribution in [0.1, 0.15) is 60.5 Å². The molecular formula is C17H27N3O2S. The van der Waals surface area contributed by atoms with Crippen molar-refractivity contribution >= 4 is 17.4 Å². The summed E-state index contributed by atoms with van der Waals surface area (Å²) in [4.78, 5) is 18.1. The molecule has 128 valence electrons. The van der Waals surface area contributed by atoms with Gasteiger partial charge in [-0.05, 0) is 57.8 Å². The second kappa shape index (κ2) is 8.11. The maximum atomic E-state index is 11.9. The monoisotopic (exact) mass is 337 g/mol. The third-order valence-electron chi connectivity index (χ3n) is 4.77. The molecule has 2 aliphatic rings. The first-order chi connectivity index (χ1) is 11.2. The van der Waals surface area contributed by atoms with E-state index in [9.17, 15) is 9.90 Å². The van der Waals surface area contributed by atoms with Gasteiger partial charge in [0.1, 0.15) is 0 Å². The van der Waals surface area contributed by atoms with E-state index < -0.39 is 0 Å². The number of aromatic nitrogens is 1. The van der Waals surface area contributed by atoms with Crippen LogP contribution in [0.5, 0.6) is 0 Å². The molecule has 0 unspecified atom stereocenters. The Labute approximate surface area is 141 Å². The minimum Gasteiger partial charge on any atom is -0.393 e. The molecule has 1 fully saturated rings. The largest absolute Gasteiger partial charge is 0.393 e. The Balaban J connectivity index is 1.31. The average Bonchev–Trinajstić information content (AvgIpc) is 2.96. The number of aryl methyl sites for hydroxylation is 3. The van der Waals surface area contributed by atoms with Gasteiger partial charge in [-0.1, -0.05) is 0 Å². The molecule has 1 heterocycles. The van der Waals surface area contributed by atoms with Gasteiger partial charge in [0.2, 0.25) is 0 Å². The van der Waals surface area contributed by atoms with Crippen LogP contribution in [0.15, 0.2) is 0 Å². The third kappa shape index (κ3) is 4.91. The molecule has 5 nitrogen and oxygen atoms in total. The molecule has 0 spiro atoms. The Morgan fingerprint density at radius 3 is 2.78 bits per heavy atom. The van der Waals surface area contributed by atoms with Crippen LogP contribution in [0.4, 0.5) is 4.79 Å². The van der Waals surface area contributed by atoms with Gasteiger partial charge in [-0.2, -0.15) is 0 Å². The smallest absolute Gasteiger partial charge is 0.315 e. The number of nitrogens with one attached hydrogen (secondary N) is 2. The van der Waals surface area contributed by atoms with Crippen molar-refractivity contribution in [3.05, 3.63) is 15.6 Å². The summed E-state index contributed by atoms with van der Waals surface area (Å²) < 4.78 is 0. The third-order valence-corrected chi connectivity index (χ3v) is 5.99. The number of fused-ring (bicyclic) bond motifs is 1. The highest BCUT2D eigenvalue weighted by Gasteiger charge is 2.20. The van der Waals surface area contributed by atoms with E-state index >= 15 is 0 Å². The van der Waals surface area contributed by atoms with Gasteiger partial charge in [0, 0.05) is 23.9 Å². The predicted molar refractivity (Wildman–Crippen MR) is 91.9 cm³/mol. The summed E-state index contributed by atoms with van der Waals surface area (Å²) in [7, 11) is 0. The van der Waals surface area contributed by atoms with Crippen LogP contribution in [-0.4, -0.2) is 34.8 Å². The fourth-order valence-electron chi connectivity index (χ4n) is 3.41. The first-order valence-corrected chi connectivity index (χ1v) is 9.72. The van der Waals surface area contributed by atoms with Crippen molar-refractivity contribution in [2.75, 3.05) is 6.54 Å². The van der Waals surface area contributed by atoms with E-state index in [2.05, 4.69) is 10.6 Å². The van der Waals surface area contributed by atoms with Gasteiger partial charge in [-0.3, -0.25) is 0 Å². The Morgan fingerprint density at radius 2 is 2.00 bits per heavy atom. The number of aliphatic hydroxyl groups excluding tert-OH is 1. The molecule has 1 aromatic heterocycles. The van der Waals surface area contributed by atoms with Gasteiger partial charge >= 0.3 is 6.03 Å². The summed E-state index contributed by atoms with van der Waals surface area (Å²) in [6, 6.07) is 0.133. The van der Waals surface area contributed by atoms with Crippen LogP contribution in [0, 0.1) is 0 Å². The van der Waals surface area contributed by atoms with Crippen molar-refractivity contribution in [3.63, 3.8) is 0 Å². The normalized spacial score (nSPS) is 24.0. The number of urea groups is 1. The minimum atomic E-state index is -0.180. The molecule has 2 amide bonds. The molecule has 0 aromatic carbocycles. The van der Waals surface area contributed by atoms with Crippen molar-refractivity contribution in [2.45, 2.75) is 76.4 Å². The van der Waals surface area contributed by atoms with Crippen molar-refractivity contribution < 1.29 is 9.90 Å². The number of hydrogen-bond donors (Lipinski definition) is 3. The molecule has 0 bridgehead atoms. The zero-order valence-corrected chi connectivity index (χ0v) is 14.5. The molecule has 1 aromatic rings. The maximum absolute atomic E-state index is 11.9. The molecule has 6 heteroatoms. The molecule has 2 aliphatic carbocycles. The Morgan fingerprint density at radius 1 is 1.22 bits per heavy atom. The van der Waals surface area contributed by atoms with E-state index in [0.29, 0.717) is 6.54 Å². The van der Waals surface area contributed by atoms with Crippen LogP contribution in [0.3, 0.4) is 0 Å². The molecule has 23 heavy (non-hydrogen) atoms. The minimum absolute atomic E-state index is 0.0789. The lowest BCUT2D eigenvalue weighted by Crippen LogP contribution is -2.44. The molecule has 3 N–H and O–H groups in total. The average molecular weight is 337 g/mol. The van der Waals surface area contributed by atoms with E-state index in [1.54, 1.807) is 0 Å². The van der Waals surface area contributed by atoms with Gasteiger partial charge in [0.05, 0.1) is 16.8 Å². The van der Waals surface area contributed by atoms with Crippen molar-refractivity contribution in [3.8, 4) is 0 Å².